The summed E-state index contributed by atoms with van der Waals surface area (Å²) < 4.78 is 21.1. The molecule has 1 saturated heterocycles. The summed E-state index contributed by atoms with van der Waals surface area (Å²) in [4.78, 5) is 22.9. The third-order valence-electron chi connectivity index (χ3n) is 5.22. The summed E-state index contributed by atoms with van der Waals surface area (Å²) in [5.41, 5.74) is 0.992. The summed E-state index contributed by atoms with van der Waals surface area (Å²) in [7, 11) is 1.71. The molecule has 0 radical (unpaired) electrons. The molecule has 3 rings (SSSR count). The van der Waals surface area contributed by atoms with E-state index in [2.05, 4.69) is 21.4 Å². The lowest BCUT2D eigenvalue weighted by molar-refractivity contribution is -0.119. The van der Waals surface area contributed by atoms with Gasteiger partial charge in [-0.15, -0.1) is 0 Å². The van der Waals surface area contributed by atoms with Gasteiger partial charge in [0.15, 0.2) is 11.6 Å². The molecule has 8 nitrogen and oxygen atoms in total. The van der Waals surface area contributed by atoms with Gasteiger partial charge in [0.25, 0.3) is 0 Å². The van der Waals surface area contributed by atoms with Crippen molar-refractivity contribution in [2.24, 2.45) is 0 Å². The zero-order valence-electron chi connectivity index (χ0n) is 18.0. The lowest BCUT2D eigenvalue weighted by Crippen LogP contribution is -2.28. The number of halogens is 1. The van der Waals surface area contributed by atoms with Crippen molar-refractivity contribution in [1.29, 1.82) is 5.26 Å². The fourth-order valence-electron chi connectivity index (χ4n) is 3.59. The monoisotopic (exact) mass is 426 g/mol. The zero-order chi connectivity index (χ0) is 22.4. The first-order chi connectivity index (χ1) is 14.9. The van der Waals surface area contributed by atoms with Crippen LogP contribution in [0.5, 0.6) is 5.75 Å². The minimum absolute atomic E-state index is 0.0739. The number of ether oxygens (including phenoxy) is 1. The molecule has 0 spiro atoms. The van der Waals surface area contributed by atoms with Crippen molar-refractivity contribution in [3.63, 3.8) is 0 Å². The van der Waals surface area contributed by atoms with Crippen molar-refractivity contribution < 1.29 is 13.9 Å². The van der Waals surface area contributed by atoms with Crippen LogP contribution in [0.25, 0.3) is 0 Å². The lowest BCUT2D eigenvalue weighted by atomic mass is 10.1. The Morgan fingerprint density at radius 1 is 1.42 bits per heavy atom. The van der Waals surface area contributed by atoms with Crippen LogP contribution in [0.4, 0.5) is 16.0 Å². The van der Waals surface area contributed by atoms with E-state index in [1.54, 1.807) is 11.9 Å². The molecule has 1 aliphatic rings. The number of rotatable bonds is 8. The maximum Gasteiger partial charge on any atom is 0.217 e. The number of nitrogens with one attached hydrogen (secondary N) is 1. The molecule has 0 unspecified atom stereocenters. The second-order valence-corrected chi connectivity index (χ2v) is 7.63. The normalized spacial score (nSPS) is 16.5. The summed E-state index contributed by atoms with van der Waals surface area (Å²) >= 11 is 0. The number of benzene rings is 1. The second kappa shape index (κ2) is 10.1. The molecule has 1 aromatic heterocycles. The summed E-state index contributed by atoms with van der Waals surface area (Å²) in [5, 5.41) is 11.6. The highest BCUT2D eigenvalue weighted by Crippen LogP contribution is 2.28. The molecule has 1 aromatic carbocycles. The van der Waals surface area contributed by atoms with Crippen LogP contribution in [0.15, 0.2) is 30.6 Å². The van der Waals surface area contributed by atoms with Crippen molar-refractivity contribution in [3.05, 3.63) is 42.0 Å². The summed E-state index contributed by atoms with van der Waals surface area (Å²) in [5.74, 6) is 0.605. The molecule has 2 atom stereocenters. The van der Waals surface area contributed by atoms with Gasteiger partial charge in [0.05, 0.1) is 25.1 Å². The Morgan fingerprint density at radius 3 is 2.84 bits per heavy atom. The number of amides is 1. The lowest BCUT2D eigenvalue weighted by Gasteiger charge is -2.22. The van der Waals surface area contributed by atoms with E-state index in [1.807, 2.05) is 36.1 Å². The van der Waals surface area contributed by atoms with Gasteiger partial charge in [-0.2, -0.15) is 9.65 Å². The Balaban J connectivity index is 1.62. The molecule has 1 amide bonds. The Hall–Kier alpha value is -3.41. The number of hydrogen-bond acceptors (Lipinski definition) is 7. The minimum Gasteiger partial charge on any atom is -0.489 e. The minimum atomic E-state index is -0.486. The van der Waals surface area contributed by atoms with E-state index in [0.717, 1.165) is 17.7 Å². The van der Waals surface area contributed by atoms with Gasteiger partial charge in [-0.1, -0.05) is 12.1 Å². The topological polar surface area (TPSA) is 94.4 Å². The maximum atomic E-state index is 15.0. The highest BCUT2D eigenvalue weighted by atomic mass is 19.1. The summed E-state index contributed by atoms with van der Waals surface area (Å²) in [6, 6.07) is 9.59. The van der Waals surface area contributed by atoms with Gasteiger partial charge in [-0.25, -0.2) is 9.97 Å². The van der Waals surface area contributed by atoms with Gasteiger partial charge < -0.3 is 19.9 Å². The number of hydrogen-bond donors (Lipinski definition) is 1. The quantitative estimate of drug-likeness (QED) is 0.694. The highest BCUT2D eigenvalue weighted by Gasteiger charge is 2.28. The van der Waals surface area contributed by atoms with E-state index in [1.165, 1.54) is 13.3 Å². The Kier molecular flexibility index (Phi) is 7.23. The maximum absolute atomic E-state index is 15.0. The molecular weight excluding hydrogens is 399 g/mol. The molecule has 2 heterocycles. The summed E-state index contributed by atoms with van der Waals surface area (Å²) in [6.07, 6.45) is 2.29. The first-order valence-corrected chi connectivity index (χ1v) is 10.3. The van der Waals surface area contributed by atoms with Crippen LogP contribution in [0.3, 0.4) is 0 Å². The van der Waals surface area contributed by atoms with Gasteiger partial charge in [-0.3, -0.25) is 4.79 Å². The van der Waals surface area contributed by atoms with Crippen LogP contribution in [0, 0.1) is 17.1 Å². The van der Waals surface area contributed by atoms with Gasteiger partial charge >= 0.3 is 0 Å². The molecule has 0 saturated carbocycles. The fraction of sp³-hybridized carbons (Fsp3) is 0.455. The zero-order valence-corrected chi connectivity index (χ0v) is 18.0. The standard InChI is InChI=1S/C22H27FN6O2/c1-15(27-16(2)30)17-5-7-18(8-6-17)31-19-9-12-29(13-19)22-20(23)21(25-14-26-22)28(3)11-4-10-24/h5-8,14-15,19H,4,9,11-13H2,1-3H3,(H,27,30)/t15-,19+/m0/s1. The van der Waals surface area contributed by atoms with Crippen molar-refractivity contribution in [2.75, 3.05) is 36.5 Å². The van der Waals surface area contributed by atoms with Crippen LogP contribution < -0.4 is 19.9 Å². The van der Waals surface area contributed by atoms with Crippen molar-refractivity contribution >= 4 is 17.5 Å². The van der Waals surface area contributed by atoms with Crippen LogP contribution in [0.1, 0.15) is 38.3 Å². The van der Waals surface area contributed by atoms with Crippen LogP contribution >= 0.6 is 0 Å². The number of carbonyl (C=O) groups is 1. The Bertz CT molecular complexity index is 946. The van der Waals surface area contributed by atoms with Crippen molar-refractivity contribution in [3.8, 4) is 11.8 Å². The third kappa shape index (κ3) is 5.60. The van der Waals surface area contributed by atoms with Crippen LogP contribution in [-0.2, 0) is 4.79 Å². The summed E-state index contributed by atoms with van der Waals surface area (Å²) in [6.45, 7) is 4.95. The Labute approximate surface area is 181 Å². The highest BCUT2D eigenvalue weighted by molar-refractivity contribution is 5.73. The smallest absolute Gasteiger partial charge is 0.217 e. The molecule has 0 bridgehead atoms. The second-order valence-electron chi connectivity index (χ2n) is 7.63. The molecule has 9 heteroatoms. The number of carbonyl (C=O) groups excluding carboxylic acids is 1. The van der Waals surface area contributed by atoms with Gasteiger partial charge in [-0.05, 0) is 24.6 Å². The number of nitriles is 1. The average Bonchev–Trinajstić information content (AvgIpc) is 3.20. The SMILES string of the molecule is CC(=O)N[C@@H](C)c1ccc(O[C@@H]2CCN(c3ncnc(N(C)CCC#N)c3F)C2)cc1. The molecule has 31 heavy (non-hydrogen) atoms. The van der Waals surface area contributed by atoms with E-state index in [4.69, 9.17) is 10.00 Å². The third-order valence-corrected chi connectivity index (χ3v) is 5.22. The van der Waals surface area contributed by atoms with Gasteiger partial charge in [0.2, 0.25) is 11.7 Å². The largest absolute Gasteiger partial charge is 0.489 e. The van der Waals surface area contributed by atoms with Crippen molar-refractivity contribution in [1.82, 2.24) is 15.3 Å². The molecule has 1 N–H and O–H groups in total. The molecule has 0 aliphatic carbocycles. The van der Waals surface area contributed by atoms with E-state index in [0.29, 0.717) is 19.6 Å². The van der Waals surface area contributed by atoms with Crippen molar-refractivity contribution in [2.45, 2.75) is 38.8 Å². The number of aromatic nitrogens is 2. The first kappa shape index (κ1) is 22.3. The van der Waals surface area contributed by atoms with E-state index >= 15 is 4.39 Å². The van der Waals surface area contributed by atoms with Gasteiger partial charge in [0, 0.05) is 33.5 Å². The van der Waals surface area contributed by atoms with E-state index < -0.39 is 5.82 Å². The number of anilines is 2. The first-order valence-electron chi connectivity index (χ1n) is 10.3. The molecular formula is C22H27FN6O2. The number of nitrogens with zero attached hydrogens (tertiary/aromatic N) is 5. The molecule has 2 aromatic rings. The predicted molar refractivity (Wildman–Crippen MR) is 115 cm³/mol. The van der Waals surface area contributed by atoms with Crippen LogP contribution in [-0.4, -0.2) is 48.7 Å². The van der Waals surface area contributed by atoms with Gasteiger partial charge in [0.1, 0.15) is 18.2 Å². The average molecular weight is 426 g/mol. The molecule has 1 fully saturated rings. The molecule has 1 aliphatic heterocycles. The van der Waals surface area contributed by atoms with E-state index in [9.17, 15) is 4.79 Å². The predicted octanol–water partition coefficient (Wildman–Crippen LogP) is 2.82. The Morgan fingerprint density at radius 2 is 2.16 bits per heavy atom. The van der Waals surface area contributed by atoms with E-state index in [-0.39, 0.29) is 36.1 Å². The molecule has 164 valence electrons. The fourth-order valence-corrected chi connectivity index (χ4v) is 3.59. The van der Waals surface area contributed by atoms with Crippen LogP contribution in [0.2, 0.25) is 0 Å².